The van der Waals surface area contributed by atoms with Crippen LogP contribution in [0.1, 0.15) is 26.8 Å². The smallest absolute Gasteiger partial charge is 0.251 e. The Morgan fingerprint density at radius 1 is 1.19 bits per heavy atom. The Balaban J connectivity index is 1.73. The van der Waals surface area contributed by atoms with Gasteiger partial charge in [-0.05, 0) is 56.2 Å². The van der Waals surface area contributed by atoms with Gasteiger partial charge in [-0.25, -0.2) is 9.97 Å². The molecule has 0 radical (unpaired) electrons. The number of nitrogens with one attached hydrogen (secondary N) is 1. The van der Waals surface area contributed by atoms with Crippen LogP contribution in [0.4, 0.5) is 0 Å². The molecule has 0 spiro atoms. The predicted octanol–water partition coefficient (Wildman–Crippen LogP) is 3.55. The molecule has 0 fully saturated rings. The third kappa shape index (κ3) is 4.15. The van der Waals surface area contributed by atoms with Crippen molar-refractivity contribution in [3.63, 3.8) is 0 Å². The maximum absolute atomic E-state index is 12.6. The lowest BCUT2D eigenvalue weighted by Crippen LogP contribution is -2.34. The Bertz CT molecular complexity index is 876. The van der Waals surface area contributed by atoms with Crippen LogP contribution in [0, 0.1) is 6.92 Å². The minimum atomic E-state index is -0.0937. The van der Waals surface area contributed by atoms with E-state index in [2.05, 4.69) is 38.6 Å². The van der Waals surface area contributed by atoms with Gasteiger partial charge >= 0.3 is 0 Å². The third-order valence-corrected chi connectivity index (χ3v) is 5.35. The maximum Gasteiger partial charge on any atom is 0.251 e. The number of thiophene rings is 1. The van der Waals surface area contributed by atoms with Crippen molar-refractivity contribution in [1.29, 1.82) is 0 Å². The molecule has 0 saturated carbocycles. The van der Waals surface area contributed by atoms with Crippen molar-refractivity contribution in [2.24, 2.45) is 0 Å². The highest BCUT2D eigenvalue weighted by Gasteiger charge is 2.19. The van der Waals surface area contributed by atoms with Crippen molar-refractivity contribution in [2.45, 2.75) is 13.0 Å². The monoisotopic (exact) mass is 366 g/mol. The zero-order valence-corrected chi connectivity index (χ0v) is 16.0. The summed E-state index contributed by atoms with van der Waals surface area (Å²) in [6, 6.07) is 11.4. The lowest BCUT2D eigenvalue weighted by molar-refractivity contribution is 0.0942. The Hall–Kier alpha value is -2.57. The Labute approximate surface area is 157 Å². The predicted molar refractivity (Wildman–Crippen MR) is 105 cm³/mol. The minimum Gasteiger partial charge on any atom is -0.350 e. The molecule has 3 aromatic rings. The molecule has 0 bridgehead atoms. The molecule has 0 aliphatic rings. The average molecular weight is 366 g/mol. The molecule has 3 rings (SSSR count). The number of likely N-dealkylation sites (N-methyl/N-ethyl adjacent to an activating group) is 1. The zero-order chi connectivity index (χ0) is 18.5. The van der Waals surface area contributed by atoms with Crippen molar-refractivity contribution < 1.29 is 4.79 Å². The van der Waals surface area contributed by atoms with E-state index in [0.29, 0.717) is 17.9 Å². The van der Waals surface area contributed by atoms with Crippen molar-refractivity contribution in [3.8, 4) is 11.4 Å². The summed E-state index contributed by atoms with van der Waals surface area (Å²) in [6.07, 6.45) is 3.39. The van der Waals surface area contributed by atoms with Crippen LogP contribution in [0.15, 0.2) is 54.2 Å². The number of benzene rings is 1. The van der Waals surface area contributed by atoms with Crippen LogP contribution in [-0.4, -0.2) is 41.4 Å². The van der Waals surface area contributed by atoms with E-state index in [1.54, 1.807) is 29.8 Å². The van der Waals surface area contributed by atoms with E-state index >= 15 is 0 Å². The molecular weight excluding hydrogens is 344 g/mol. The fraction of sp³-hybridized carbons (Fsp3) is 0.250. The number of carbonyl (C=O) groups excluding carboxylic acids is 1. The molecule has 0 unspecified atom stereocenters. The molecule has 0 aliphatic heterocycles. The number of nitrogens with zero attached hydrogens (tertiary/aromatic N) is 3. The van der Waals surface area contributed by atoms with E-state index in [-0.39, 0.29) is 11.9 Å². The van der Waals surface area contributed by atoms with Crippen molar-refractivity contribution >= 4 is 17.2 Å². The average Bonchev–Trinajstić information content (AvgIpc) is 3.08. The second-order valence-electron chi connectivity index (χ2n) is 6.31. The number of rotatable bonds is 6. The van der Waals surface area contributed by atoms with Gasteiger partial charge in [-0.3, -0.25) is 4.79 Å². The zero-order valence-electron chi connectivity index (χ0n) is 15.1. The molecule has 1 aromatic carbocycles. The highest BCUT2D eigenvalue weighted by molar-refractivity contribution is 7.10. The second kappa shape index (κ2) is 8.21. The van der Waals surface area contributed by atoms with Crippen molar-refractivity contribution in [3.05, 3.63) is 70.2 Å². The SMILES string of the molecule is Cc1ccsc1[C@@H](CNC(=O)c1cccc(-c2ncccn2)c1)N(C)C. The molecule has 1 atom stereocenters. The molecular formula is C20H22N4OS. The molecule has 1 N–H and O–H groups in total. The van der Waals surface area contributed by atoms with Gasteiger partial charge in [0, 0.05) is 34.9 Å². The number of aryl methyl sites for hydroxylation is 1. The van der Waals surface area contributed by atoms with E-state index in [1.165, 1.54) is 10.4 Å². The second-order valence-corrected chi connectivity index (χ2v) is 7.26. The van der Waals surface area contributed by atoms with Crippen LogP contribution in [0.2, 0.25) is 0 Å². The van der Waals surface area contributed by atoms with Gasteiger partial charge in [0.05, 0.1) is 6.04 Å². The van der Waals surface area contributed by atoms with Gasteiger partial charge in [0.25, 0.3) is 5.91 Å². The summed E-state index contributed by atoms with van der Waals surface area (Å²) in [4.78, 5) is 24.5. The van der Waals surface area contributed by atoms with E-state index in [0.717, 1.165) is 5.56 Å². The summed E-state index contributed by atoms with van der Waals surface area (Å²) in [7, 11) is 4.06. The quantitative estimate of drug-likeness (QED) is 0.725. The molecule has 1 amide bonds. The van der Waals surface area contributed by atoms with Gasteiger partial charge < -0.3 is 10.2 Å². The summed E-state index contributed by atoms with van der Waals surface area (Å²) < 4.78 is 0. The Morgan fingerprint density at radius 2 is 1.96 bits per heavy atom. The summed E-state index contributed by atoms with van der Waals surface area (Å²) in [5.41, 5.74) is 2.69. The van der Waals surface area contributed by atoms with E-state index in [1.807, 2.05) is 38.4 Å². The summed E-state index contributed by atoms with van der Waals surface area (Å²) in [6.45, 7) is 2.66. The maximum atomic E-state index is 12.6. The summed E-state index contributed by atoms with van der Waals surface area (Å²) in [5.74, 6) is 0.520. The van der Waals surface area contributed by atoms with Gasteiger partial charge in [-0.1, -0.05) is 12.1 Å². The fourth-order valence-electron chi connectivity index (χ4n) is 2.77. The first-order valence-electron chi connectivity index (χ1n) is 8.42. The molecule has 0 saturated heterocycles. The minimum absolute atomic E-state index is 0.0937. The van der Waals surface area contributed by atoms with Crippen LogP contribution in [0.5, 0.6) is 0 Å². The van der Waals surface area contributed by atoms with Crippen molar-refractivity contribution in [1.82, 2.24) is 20.2 Å². The summed E-state index contributed by atoms with van der Waals surface area (Å²) >= 11 is 1.72. The molecule has 6 heteroatoms. The fourth-order valence-corrected chi connectivity index (χ4v) is 3.90. The molecule has 134 valence electrons. The molecule has 2 aromatic heterocycles. The van der Waals surface area contributed by atoms with Gasteiger partial charge in [0.2, 0.25) is 0 Å². The molecule has 26 heavy (non-hydrogen) atoms. The van der Waals surface area contributed by atoms with Crippen LogP contribution in [0.3, 0.4) is 0 Å². The van der Waals surface area contributed by atoms with Crippen LogP contribution >= 0.6 is 11.3 Å². The Kier molecular flexibility index (Phi) is 5.75. The van der Waals surface area contributed by atoms with Gasteiger partial charge in [-0.15, -0.1) is 11.3 Å². The number of hydrogen-bond acceptors (Lipinski definition) is 5. The first kappa shape index (κ1) is 18.2. The Morgan fingerprint density at radius 3 is 2.62 bits per heavy atom. The van der Waals surface area contributed by atoms with E-state index < -0.39 is 0 Å². The van der Waals surface area contributed by atoms with Gasteiger partial charge in [0.1, 0.15) is 0 Å². The first-order valence-corrected chi connectivity index (χ1v) is 9.30. The largest absolute Gasteiger partial charge is 0.350 e. The number of aromatic nitrogens is 2. The topological polar surface area (TPSA) is 58.1 Å². The van der Waals surface area contributed by atoms with Crippen LogP contribution in [-0.2, 0) is 0 Å². The number of amides is 1. The third-order valence-electron chi connectivity index (χ3n) is 4.23. The highest BCUT2D eigenvalue weighted by Crippen LogP contribution is 2.26. The standard InChI is InChI=1S/C20H22N4OS/c1-14-8-11-26-18(14)17(24(2)3)13-23-20(25)16-7-4-6-15(12-16)19-21-9-5-10-22-19/h4-12,17H,13H2,1-3H3,(H,23,25)/t17-/m1/s1. The normalized spacial score (nSPS) is 12.2. The molecule has 5 nitrogen and oxygen atoms in total. The number of carbonyl (C=O) groups is 1. The van der Waals surface area contributed by atoms with Crippen LogP contribution < -0.4 is 5.32 Å². The van der Waals surface area contributed by atoms with E-state index in [9.17, 15) is 4.79 Å². The lowest BCUT2D eigenvalue weighted by atomic mass is 10.1. The first-order chi connectivity index (χ1) is 12.6. The number of hydrogen-bond donors (Lipinski definition) is 1. The summed E-state index contributed by atoms with van der Waals surface area (Å²) in [5, 5.41) is 5.15. The van der Waals surface area contributed by atoms with E-state index in [4.69, 9.17) is 0 Å². The lowest BCUT2D eigenvalue weighted by Gasteiger charge is -2.24. The van der Waals surface area contributed by atoms with Crippen LogP contribution in [0.25, 0.3) is 11.4 Å². The molecule has 0 aliphatic carbocycles. The van der Waals surface area contributed by atoms with Crippen molar-refractivity contribution in [2.75, 3.05) is 20.6 Å². The van der Waals surface area contributed by atoms with Gasteiger partial charge in [0.15, 0.2) is 5.82 Å². The van der Waals surface area contributed by atoms with Gasteiger partial charge in [-0.2, -0.15) is 0 Å². The highest BCUT2D eigenvalue weighted by atomic mass is 32.1. The molecule has 2 heterocycles.